The lowest BCUT2D eigenvalue weighted by Crippen LogP contribution is -2.74. The first-order chi connectivity index (χ1) is 24.7. The molecule has 254 valence electrons. The Morgan fingerprint density at radius 2 is 1.31 bits per heavy atom. The Morgan fingerprint density at radius 1 is 0.608 bits per heavy atom. The molecular weight excluding hydrogens is 623 g/mol. The first-order valence-corrected chi connectivity index (χ1v) is 19.5. The Hall–Kier alpha value is -4.50. The van der Waals surface area contributed by atoms with E-state index < -0.39 is 0 Å². The molecule has 0 N–H and O–H groups in total. The van der Waals surface area contributed by atoms with Gasteiger partial charge in [-0.2, -0.15) is 0 Å². The van der Waals surface area contributed by atoms with Gasteiger partial charge in [-0.05, 0) is 144 Å². The minimum atomic E-state index is 0.0216. The quantitative estimate of drug-likeness (QED) is 0.188. The molecule has 2 bridgehead atoms. The lowest BCUT2D eigenvalue weighted by molar-refractivity contribution is -0.235. The highest BCUT2D eigenvalue weighted by Gasteiger charge is 2.84. The van der Waals surface area contributed by atoms with Crippen molar-refractivity contribution in [2.24, 2.45) is 29.1 Å². The van der Waals surface area contributed by atoms with Gasteiger partial charge < -0.3 is 14.1 Å². The van der Waals surface area contributed by atoms with Gasteiger partial charge in [-0.3, -0.25) is 0 Å². The van der Waals surface area contributed by atoms with Gasteiger partial charge >= 0.3 is 0 Å². The summed E-state index contributed by atoms with van der Waals surface area (Å²) in [5.41, 5.74) is 12.1. The second kappa shape index (κ2) is 9.29. The number of ether oxygens (including phenoxy) is 1. The van der Waals surface area contributed by atoms with E-state index >= 15 is 0 Å². The molecule has 4 saturated carbocycles. The van der Waals surface area contributed by atoms with Crippen LogP contribution < -0.4 is 9.64 Å². The standard InChI is InChI=1S/C48H45NO2/c1-45(2)20-21-46(3,4)35-25-30(16-18-33(35)45)49(37-12-9-15-41-44(37)32-10-5-7-13-38(32)50-41)31-17-19-40-36(26-31)48(34-11-6-8-14-39(34)51-40)42-23-28-22-29-24-43(48)47(29,42)27-28/h5-19,25-26,28-29,42-43H,20-24,27H2,1-4H3. The van der Waals surface area contributed by atoms with Crippen LogP contribution in [0.4, 0.5) is 17.1 Å². The van der Waals surface area contributed by atoms with Gasteiger partial charge in [-0.1, -0.05) is 76.2 Å². The van der Waals surface area contributed by atoms with Crippen molar-refractivity contribution in [3.63, 3.8) is 0 Å². The first-order valence-electron chi connectivity index (χ1n) is 19.5. The summed E-state index contributed by atoms with van der Waals surface area (Å²) in [6.07, 6.45) is 8.04. The summed E-state index contributed by atoms with van der Waals surface area (Å²) in [7, 11) is 0. The summed E-state index contributed by atoms with van der Waals surface area (Å²) in [5, 5.41) is 2.32. The second-order valence-electron chi connectivity index (χ2n) is 18.4. The Kier molecular flexibility index (Phi) is 5.30. The predicted octanol–water partition coefficient (Wildman–Crippen LogP) is 12.9. The van der Waals surface area contributed by atoms with Crippen molar-refractivity contribution < 1.29 is 9.15 Å². The van der Waals surface area contributed by atoms with E-state index in [1.807, 2.05) is 0 Å². The molecule has 6 atom stereocenters. The van der Waals surface area contributed by atoms with E-state index in [9.17, 15) is 0 Å². The summed E-state index contributed by atoms with van der Waals surface area (Å²) in [6, 6.07) is 38.6. The summed E-state index contributed by atoms with van der Waals surface area (Å²) >= 11 is 0. The van der Waals surface area contributed by atoms with Crippen LogP contribution in [0.5, 0.6) is 11.5 Å². The maximum atomic E-state index is 6.85. The summed E-state index contributed by atoms with van der Waals surface area (Å²) < 4.78 is 13.4. The number of benzene rings is 5. The second-order valence-corrected chi connectivity index (χ2v) is 18.4. The van der Waals surface area contributed by atoms with Crippen molar-refractivity contribution in [3.05, 3.63) is 125 Å². The number of hydrogen-bond acceptors (Lipinski definition) is 3. The van der Waals surface area contributed by atoms with Crippen molar-refractivity contribution in [2.75, 3.05) is 4.90 Å². The van der Waals surface area contributed by atoms with Crippen molar-refractivity contribution >= 4 is 39.0 Å². The van der Waals surface area contributed by atoms with E-state index in [2.05, 4.69) is 136 Å². The summed E-state index contributed by atoms with van der Waals surface area (Å²) in [4.78, 5) is 2.54. The maximum absolute atomic E-state index is 6.85. The molecule has 3 heteroatoms. The van der Waals surface area contributed by atoms with E-state index in [1.54, 1.807) is 0 Å². The largest absolute Gasteiger partial charge is 0.457 e. The van der Waals surface area contributed by atoms with Crippen molar-refractivity contribution in [2.45, 2.75) is 82.5 Å². The predicted molar refractivity (Wildman–Crippen MR) is 206 cm³/mol. The van der Waals surface area contributed by atoms with Gasteiger partial charge in [-0.25, -0.2) is 0 Å². The van der Waals surface area contributed by atoms with Crippen molar-refractivity contribution in [1.29, 1.82) is 0 Å². The zero-order chi connectivity index (χ0) is 34.1. The van der Waals surface area contributed by atoms with Crippen LogP contribution in [0.3, 0.4) is 0 Å². The molecule has 0 radical (unpaired) electrons. The van der Waals surface area contributed by atoms with Gasteiger partial charge in [0.15, 0.2) is 0 Å². The number of fused-ring (bicyclic) bond motifs is 11. The minimum Gasteiger partial charge on any atom is -0.457 e. The average molecular weight is 668 g/mol. The lowest BCUT2D eigenvalue weighted by Gasteiger charge is -2.77. The third-order valence-corrected chi connectivity index (χ3v) is 15.4. The molecule has 12 rings (SSSR count). The minimum absolute atomic E-state index is 0.0216. The van der Waals surface area contributed by atoms with E-state index in [0.717, 1.165) is 51.0 Å². The normalized spacial score (nSPS) is 30.9. The first kappa shape index (κ1) is 29.1. The zero-order valence-corrected chi connectivity index (χ0v) is 30.1. The third kappa shape index (κ3) is 3.38. The van der Waals surface area contributed by atoms with Gasteiger partial charge in [-0.15, -0.1) is 0 Å². The van der Waals surface area contributed by atoms with Crippen LogP contribution in [0.25, 0.3) is 21.9 Å². The lowest BCUT2D eigenvalue weighted by atomic mass is 9.26. The Balaban J connectivity index is 1.12. The van der Waals surface area contributed by atoms with Crippen molar-refractivity contribution in [1.82, 2.24) is 0 Å². The average Bonchev–Trinajstić information content (AvgIpc) is 3.80. The molecule has 6 aliphatic rings. The van der Waals surface area contributed by atoms with Gasteiger partial charge in [0.05, 0.1) is 11.1 Å². The Morgan fingerprint density at radius 3 is 2.18 bits per heavy atom. The topological polar surface area (TPSA) is 25.6 Å². The fourth-order valence-electron chi connectivity index (χ4n) is 13.3. The SMILES string of the molecule is CC1(C)CCC(C)(C)c2cc(N(c3ccc4c(c3)C3(c5ccccc5O4)C4CC5CC6CC3C64C5)c3cccc4oc5ccccc5c34)ccc21. The van der Waals surface area contributed by atoms with E-state index in [1.165, 1.54) is 72.2 Å². The molecule has 4 fully saturated rings. The molecule has 3 nitrogen and oxygen atoms in total. The van der Waals surface area contributed by atoms with Crippen LogP contribution in [-0.4, -0.2) is 0 Å². The number of anilines is 3. The van der Waals surface area contributed by atoms with Crippen LogP contribution in [0.15, 0.2) is 108 Å². The Labute approximate surface area is 300 Å². The van der Waals surface area contributed by atoms with Gasteiger partial charge in [0, 0.05) is 33.3 Å². The molecule has 0 saturated heterocycles. The molecule has 5 aliphatic carbocycles. The molecule has 6 aromatic rings. The molecular formula is C48H45NO2. The zero-order valence-electron chi connectivity index (χ0n) is 30.1. The number of rotatable bonds is 3. The molecule has 1 aromatic heterocycles. The van der Waals surface area contributed by atoms with E-state index in [4.69, 9.17) is 9.15 Å². The fraction of sp³-hybridized carbons (Fsp3) is 0.375. The van der Waals surface area contributed by atoms with Crippen LogP contribution in [0.1, 0.15) is 88.5 Å². The maximum Gasteiger partial charge on any atom is 0.137 e. The molecule has 1 aliphatic heterocycles. The smallest absolute Gasteiger partial charge is 0.137 e. The highest BCUT2D eigenvalue weighted by Crippen LogP contribution is 2.89. The van der Waals surface area contributed by atoms with Crippen LogP contribution in [-0.2, 0) is 16.2 Å². The van der Waals surface area contributed by atoms with Gasteiger partial charge in [0.25, 0.3) is 0 Å². The molecule has 51 heavy (non-hydrogen) atoms. The van der Waals surface area contributed by atoms with E-state index in [0.29, 0.717) is 17.3 Å². The molecule has 2 heterocycles. The fourth-order valence-corrected chi connectivity index (χ4v) is 13.3. The summed E-state index contributed by atoms with van der Waals surface area (Å²) in [5.74, 6) is 5.37. The summed E-state index contributed by atoms with van der Waals surface area (Å²) in [6.45, 7) is 9.71. The Bertz CT molecular complexity index is 2480. The van der Waals surface area contributed by atoms with Gasteiger partial charge in [0.1, 0.15) is 22.7 Å². The van der Waals surface area contributed by atoms with E-state index in [-0.39, 0.29) is 16.2 Å². The van der Waals surface area contributed by atoms with Crippen LogP contribution >= 0.6 is 0 Å². The monoisotopic (exact) mass is 667 g/mol. The van der Waals surface area contributed by atoms with Crippen molar-refractivity contribution in [3.8, 4) is 11.5 Å². The highest BCUT2D eigenvalue weighted by molar-refractivity contribution is 6.13. The number of para-hydroxylation sites is 2. The number of nitrogens with zero attached hydrogens (tertiary/aromatic N) is 1. The highest BCUT2D eigenvalue weighted by atomic mass is 16.5. The van der Waals surface area contributed by atoms with Crippen LogP contribution in [0, 0.1) is 29.1 Å². The van der Waals surface area contributed by atoms with Gasteiger partial charge in [0.2, 0.25) is 0 Å². The number of hydrogen-bond donors (Lipinski definition) is 0. The van der Waals surface area contributed by atoms with Crippen LogP contribution in [0.2, 0.25) is 0 Å². The molecule has 6 unspecified atom stereocenters. The molecule has 2 spiro atoms. The third-order valence-electron chi connectivity index (χ3n) is 15.4. The molecule has 0 amide bonds. The molecule has 5 aromatic carbocycles. The number of furan rings is 1.